The second kappa shape index (κ2) is 6.64. The normalized spacial score (nSPS) is 15.8. The second-order valence-electron chi connectivity index (χ2n) is 5.46. The minimum absolute atomic E-state index is 0.0857. The van der Waals surface area contributed by atoms with Crippen molar-refractivity contribution in [3.63, 3.8) is 0 Å². The molecule has 0 aromatic heterocycles. The van der Waals surface area contributed by atoms with Crippen molar-refractivity contribution >= 4 is 5.69 Å². The maximum atomic E-state index is 6.31. The molecule has 0 spiro atoms. The third-order valence-corrected chi connectivity index (χ3v) is 3.97. The molecule has 0 bridgehead atoms. The molecule has 3 rings (SSSR count). The summed E-state index contributed by atoms with van der Waals surface area (Å²) in [6.45, 7) is 2.77. The molecule has 0 saturated carbocycles. The van der Waals surface area contributed by atoms with Crippen molar-refractivity contribution in [3.8, 4) is 5.75 Å². The van der Waals surface area contributed by atoms with Crippen molar-refractivity contribution < 1.29 is 4.74 Å². The quantitative estimate of drug-likeness (QED) is 0.934. The van der Waals surface area contributed by atoms with Gasteiger partial charge in [-0.15, -0.1) is 0 Å². The van der Waals surface area contributed by atoms with Gasteiger partial charge in [-0.25, -0.2) is 0 Å². The molecule has 1 unspecified atom stereocenters. The fraction of sp³-hybridized carbons (Fsp3) is 0.333. The Morgan fingerprint density at radius 2 is 1.81 bits per heavy atom. The maximum Gasteiger partial charge on any atom is 0.142 e. The van der Waals surface area contributed by atoms with Crippen molar-refractivity contribution in [2.75, 3.05) is 24.6 Å². The van der Waals surface area contributed by atoms with Gasteiger partial charge in [0.25, 0.3) is 0 Å². The van der Waals surface area contributed by atoms with Gasteiger partial charge < -0.3 is 15.4 Å². The average Bonchev–Trinajstić information content (AvgIpc) is 2.76. The fourth-order valence-electron chi connectivity index (χ4n) is 2.79. The standard InChI is InChI=1S/C18H22N2O/c19-16(15-7-2-1-3-8-15)11-13-20-12-6-14-21-18-10-5-4-9-17(18)20/h1-5,7-10,16H,6,11-14,19H2. The molecular weight excluding hydrogens is 260 g/mol. The van der Waals surface area contributed by atoms with E-state index in [2.05, 4.69) is 29.2 Å². The summed E-state index contributed by atoms with van der Waals surface area (Å²) >= 11 is 0. The van der Waals surface area contributed by atoms with Crippen molar-refractivity contribution in [1.82, 2.24) is 0 Å². The number of hydrogen-bond donors (Lipinski definition) is 1. The Kier molecular flexibility index (Phi) is 4.41. The molecule has 3 heteroatoms. The highest BCUT2D eigenvalue weighted by Crippen LogP contribution is 2.31. The lowest BCUT2D eigenvalue weighted by Crippen LogP contribution is -2.27. The van der Waals surface area contributed by atoms with E-state index in [1.54, 1.807) is 0 Å². The monoisotopic (exact) mass is 282 g/mol. The number of para-hydroxylation sites is 2. The highest BCUT2D eigenvalue weighted by molar-refractivity contribution is 5.58. The number of nitrogens with zero attached hydrogens (tertiary/aromatic N) is 1. The van der Waals surface area contributed by atoms with E-state index < -0.39 is 0 Å². The first-order valence-corrected chi connectivity index (χ1v) is 7.62. The number of nitrogens with two attached hydrogens (primary N) is 1. The van der Waals surface area contributed by atoms with Crippen molar-refractivity contribution in [2.24, 2.45) is 5.73 Å². The Bertz CT molecular complexity index is 570. The highest BCUT2D eigenvalue weighted by atomic mass is 16.5. The molecule has 0 aliphatic carbocycles. The van der Waals surface area contributed by atoms with Crippen LogP contribution in [0.1, 0.15) is 24.4 Å². The summed E-state index contributed by atoms with van der Waals surface area (Å²) in [4.78, 5) is 2.39. The van der Waals surface area contributed by atoms with Gasteiger partial charge in [0.15, 0.2) is 0 Å². The summed E-state index contributed by atoms with van der Waals surface area (Å²) < 4.78 is 5.80. The highest BCUT2D eigenvalue weighted by Gasteiger charge is 2.16. The Labute approximate surface area is 126 Å². The number of fused-ring (bicyclic) bond motifs is 1. The van der Waals surface area contributed by atoms with Gasteiger partial charge in [0.05, 0.1) is 12.3 Å². The largest absolute Gasteiger partial charge is 0.491 e. The summed E-state index contributed by atoms with van der Waals surface area (Å²) in [6.07, 6.45) is 1.99. The molecule has 2 N–H and O–H groups in total. The molecule has 0 saturated heterocycles. The zero-order valence-electron chi connectivity index (χ0n) is 12.2. The minimum Gasteiger partial charge on any atom is -0.491 e. The van der Waals surface area contributed by atoms with Gasteiger partial charge >= 0.3 is 0 Å². The summed E-state index contributed by atoms with van der Waals surface area (Å²) in [5.74, 6) is 0.989. The van der Waals surface area contributed by atoms with Crippen LogP contribution in [0.2, 0.25) is 0 Å². The van der Waals surface area contributed by atoms with E-state index in [0.717, 1.165) is 38.3 Å². The lowest BCUT2D eigenvalue weighted by atomic mass is 10.0. The molecular formula is C18H22N2O. The summed E-state index contributed by atoms with van der Waals surface area (Å²) in [6, 6.07) is 18.7. The first kappa shape index (κ1) is 14.0. The SMILES string of the molecule is NC(CCN1CCCOc2ccccc21)c1ccccc1. The zero-order chi connectivity index (χ0) is 14.5. The summed E-state index contributed by atoms with van der Waals surface area (Å²) in [7, 11) is 0. The van der Waals surface area contributed by atoms with Gasteiger partial charge in [-0.2, -0.15) is 0 Å². The van der Waals surface area contributed by atoms with Crippen molar-refractivity contribution in [1.29, 1.82) is 0 Å². The zero-order valence-corrected chi connectivity index (χ0v) is 12.2. The maximum absolute atomic E-state index is 6.31. The summed E-state index contributed by atoms with van der Waals surface area (Å²) in [5, 5.41) is 0. The van der Waals surface area contributed by atoms with Crippen LogP contribution in [-0.4, -0.2) is 19.7 Å². The van der Waals surface area contributed by atoms with Crippen LogP contribution in [0.5, 0.6) is 5.75 Å². The van der Waals surface area contributed by atoms with Crippen LogP contribution in [0.25, 0.3) is 0 Å². The van der Waals surface area contributed by atoms with Gasteiger partial charge in [-0.05, 0) is 30.5 Å². The molecule has 2 aromatic carbocycles. The first-order chi connectivity index (χ1) is 10.3. The number of ether oxygens (including phenoxy) is 1. The molecule has 21 heavy (non-hydrogen) atoms. The fourth-order valence-corrected chi connectivity index (χ4v) is 2.79. The Morgan fingerprint density at radius 1 is 1.05 bits per heavy atom. The van der Waals surface area contributed by atoms with Crippen LogP contribution in [0, 0.1) is 0 Å². The van der Waals surface area contributed by atoms with E-state index in [-0.39, 0.29) is 6.04 Å². The van der Waals surface area contributed by atoms with E-state index in [4.69, 9.17) is 10.5 Å². The van der Waals surface area contributed by atoms with Gasteiger partial charge in [0.2, 0.25) is 0 Å². The number of benzene rings is 2. The van der Waals surface area contributed by atoms with Gasteiger partial charge in [0.1, 0.15) is 5.75 Å². The number of hydrogen-bond acceptors (Lipinski definition) is 3. The van der Waals surface area contributed by atoms with E-state index in [9.17, 15) is 0 Å². The Balaban J connectivity index is 1.68. The van der Waals surface area contributed by atoms with Gasteiger partial charge in [-0.3, -0.25) is 0 Å². The summed E-state index contributed by atoms with van der Waals surface area (Å²) in [5.41, 5.74) is 8.71. The van der Waals surface area contributed by atoms with Crippen molar-refractivity contribution in [3.05, 3.63) is 60.2 Å². The van der Waals surface area contributed by atoms with Crippen LogP contribution in [0.4, 0.5) is 5.69 Å². The third kappa shape index (κ3) is 3.37. The molecule has 3 nitrogen and oxygen atoms in total. The van der Waals surface area contributed by atoms with Crippen molar-refractivity contribution in [2.45, 2.75) is 18.9 Å². The smallest absolute Gasteiger partial charge is 0.142 e. The first-order valence-electron chi connectivity index (χ1n) is 7.62. The van der Waals surface area contributed by atoms with Crippen LogP contribution in [0.15, 0.2) is 54.6 Å². The van der Waals surface area contributed by atoms with Crippen LogP contribution in [0.3, 0.4) is 0 Å². The lowest BCUT2D eigenvalue weighted by Gasteiger charge is -2.25. The van der Waals surface area contributed by atoms with Crippen LogP contribution in [-0.2, 0) is 0 Å². The van der Waals surface area contributed by atoms with Gasteiger partial charge in [-0.1, -0.05) is 42.5 Å². The van der Waals surface area contributed by atoms with Crippen LogP contribution >= 0.6 is 0 Å². The number of anilines is 1. The molecule has 0 amide bonds. The Hall–Kier alpha value is -2.00. The lowest BCUT2D eigenvalue weighted by molar-refractivity contribution is 0.322. The molecule has 1 aliphatic heterocycles. The average molecular weight is 282 g/mol. The predicted molar refractivity (Wildman–Crippen MR) is 86.8 cm³/mol. The Morgan fingerprint density at radius 3 is 2.67 bits per heavy atom. The number of rotatable bonds is 4. The predicted octanol–water partition coefficient (Wildman–Crippen LogP) is 3.37. The molecule has 2 aromatic rings. The third-order valence-electron chi connectivity index (χ3n) is 3.97. The van der Waals surface area contributed by atoms with Gasteiger partial charge in [0, 0.05) is 19.1 Å². The van der Waals surface area contributed by atoms with Crippen LogP contribution < -0.4 is 15.4 Å². The molecule has 0 fully saturated rings. The molecule has 1 heterocycles. The van der Waals surface area contributed by atoms with E-state index in [1.807, 2.05) is 30.3 Å². The topological polar surface area (TPSA) is 38.5 Å². The van der Waals surface area contributed by atoms with E-state index in [1.165, 1.54) is 11.3 Å². The second-order valence-corrected chi connectivity index (χ2v) is 5.46. The van der Waals surface area contributed by atoms with E-state index >= 15 is 0 Å². The molecule has 110 valence electrons. The van der Waals surface area contributed by atoms with E-state index in [0.29, 0.717) is 0 Å². The molecule has 1 atom stereocenters. The molecule has 1 aliphatic rings. The molecule has 0 radical (unpaired) electrons. The minimum atomic E-state index is 0.0857.